The number of carbonyl (C=O) groups is 2. The molecule has 1 aliphatic heterocycles. The summed E-state index contributed by atoms with van der Waals surface area (Å²) in [5.74, 6) is -0.191. The summed E-state index contributed by atoms with van der Waals surface area (Å²) in [6.45, 7) is 7.67. The van der Waals surface area contributed by atoms with E-state index in [-0.39, 0.29) is 18.0 Å². The number of amides is 1. The predicted molar refractivity (Wildman–Crippen MR) is 62.5 cm³/mol. The topological polar surface area (TPSA) is 64.6 Å². The van der Waals surface area contributed by atoms with Gasteiger partial charge >= 0.3 is 12.1 Å². The van der Waals surface area contributed by atoms with Gasteiger partial charge in [-0.3, -0.25) is 4.79 Å². The SMILES string of the molecule is CC[C@H]1C[C@@H](CNC(=O)OC(C)(C)C)OC1=O. The molecule has 1 N–H and O–H groups in total. The zero-order valence-electron chi connectivity index (χ0n) is 10.9. The molecule has 17 heavy (non-hydrogen) atoms. The van der Waals surface area contributed by atoms with Gasteiger partial charge in [-0.05, 0) is 33.6 Å². The highest BCUT2D eigenvalue weighted by molar-refractivity contribution is 5.74. The molecular formula is C12H21NO4. The molecule has 98 valence electrons. The van der Waals surface area contributed by atoms with E-state index in [0.29, 0.717) is 13.0 Å². The van der Waals surface area contributed by atoms with Crippen LogP contribution in [0.2, 0.25) is 0 Å². The van der Waals surface area contributed by atoms with E-state index in [1.807, 2.05) is 6.92 Å². The van der Waals surface area contributed by atoms with Gasteiger partial charge in [0.2, 0.25) is 0 Å². The van der Waals surface area contributed by atoms with Crippen molar-refractivity contribution in [2.75, 3.05) is 6.54 Å². The second-order valence-corrected chi connectivity index (χ2v) is 5.28. The van der Waals surface area contributed by atoms with Crippen LogP contribution in [0, 0.1) is 5.92 Å². The zero-order valence-corrected chi connectivity index (χ0v) is 10.9. The summed E-state index contributed by atoms with van der Waals surface area (Å²) in [4.78, 5) is 22.7. The van der Waals surface area contributed by atoms with Crippen molar-refractivity contribution in [1.82, 2.24) is 5.32 Å². The van der Waals surface area contributed by atoms with Crippen LogP contribution in [0.25, 0.3) is 0 Å². The monoisotopic (exact) mass is 243 g/mol. The van der Waals surface area contributed by atoms with Crippen LogP contribution < -0.4 is 5.32 Å². The van der Waals surface area contributed by atoms with Gasteiger partial charge in [-0.15, -0.1) is 0 Å². The predicted octanol–water partition coefficient (Wildman–Crippen LogP) is 1.85. The van der Waals surface area contributed by atoms with E-state index in [1.165, 1.54) is 0 Å². The minimum Gasteiger partial charge on any atom is -0.460 e. The summed E-state index contributed by atoms with van der Waals surface area (Å²) in [6, 6.07) is 0. The van der Waals surface area contributed by atoms with Gasteiger partial charge in [0.1, 0.15) is 11.7 Å². The molecule has 1 heterocycles. The van der Waals surface area contributed by atoms with Crippen LogP contribution in [0.15, 0.2) is 0 Å². The number of rotatable bonds is 3. The number of hydrogen-bond donors (Lipinski definition) is 1. The van der Waals surface area contributed by atoms with E-state index in [0.717, 1.165) is 6.42 Å². The molecule has 0 unspecified atom stereocenters. The highest BCUT2D eigenvalue weighted by Gasteiger charge is 2.33. The Morgan fingerprint density at radius 3 is 2.65 bits per heavy atom. The molecular weight excluding hydrogens is 222 g/mol. The van der Waals surface area contributed by atoms with Crippen LogP contribution in [-0.2, 0) is 14.3 Å². The standard InChI is InChI=1S/C12H21NO4/c1-5-8-6-9(16-10(8)14)7-13-11(15)17-12(2,3)4/h8-9H,5-7H2,1-4H3,(H,13,15)/t8-,9-/m0/s1. The van der Waals surface area contributed by atoms with Crippen molar-refractivity contribution in [3.05, 3.63) is 0 Å². The van der Waals surface area contributed by atoms with Crippen LogP contribution in [0.4, 0.5) is 4.79 Å². The van der Waals surface area contributed by atoms with Crippen molar-refractivity contribution < 1.29 is 19.1 Å². The second-order valence-electron chi connectivity index (χ2n) is 5.28. The summed E-state index contributed by atoms with van der Waals surface area (Å²) < 4.78 is 10.2. The minimum atomic E-state index is -0.512. The van der Waals surface area contributed by atoms with Crippen LogP contribution in [0.1, 0.15) is 40.5 Å². The van der Waals surface area contributed by atoms with Crippen LogP contribution in [0.5, 0.6) is 0 Å². The van der Waals surface area contributed by atoms with Gasteiger partial charge in [0.15, 0.2) is 0 Å². The molecule has 0 aromatic carbocycles. The Morgan fingerprint density at radius 2 is 2.18 bits per heavy atom. The molecule has 0 aromatic heterocycles. The van der Waals surface area contributed by atoms with Crippen molar-refractivity contribution in [3.63, 3.8) is 0 Å². The number of nitrogens with one attached hydrogen (secondary N) is 1. The van der Waals surface area contributed by atoms with Crippen LogP contribution in [-0.4, -0.2) is 30.3 Å². The van der Waals surface area contributed by atoms with E-state index in [1.54, 1.807) is 20.8 Å². The van der Waals surface area contributed by atoms with Gasteiger partial charge in [-0.1, -0.05) is 6.92 Å². The van der Waals surface area contributed by atoms with Gasteiger partial charge in [0.05, 0.1) is 12.5 Å². The number of ether oxygens (including phenoxy) is 2. The maximum atomic E-state index is 11.4. The fourth-order valence-corrected chi connectivity index (χ4v) is 1.69. The van der Waals surface area contributed by atoms with Crippen molar-refractivity contribution in [1.29, 1.82) is 0 Å². The van der Waals surface area contributed by atoms with Gasteiger partial charge in [-0.2, -0.15) is 0 Å². The molecule has 5 nitrogen and oxygen atoms in total. The van der Waals surface area contributed by atoms with E-state index < -0.39 is 11.7 Å². The molecule has 1 amide bonds. The quantitative estimate of drug-likeness (QED) is 0.768. The fraction of sp³-hybridized carbons (Fsp3) is 0.833. The average molecular weight is 243 g/mol. The third-order valence-electron chi connectivity index (χ3n) is 2.53. The number of carbonyl (C=O) groups excluding carboxylic acids is 2. The zero-order chi connectivity index (χ0) is 13.1. The molecule has 1 aliphatic rings. The van der Waals surface area contributed by atoms with Crippen molar-refractivity contribution in [3.8, 4) is 0 Å². The highest BCUT2D eigenvalue weighted by atomic mass is 16.6. The third-order valence-corrected chi connectivity index (χ3v) is 2.53. The molecule has 0 radical (unpaired) electrons. The smallest absolute Gasteiger partial charge is 0.407 e. The van der Waals surface area contributed by atoms with Crippen molar-refractivity contribution >= 4 is 12.1 Å². The number of cyclic esters (lactones) is 1. The molecule has 1 fully saturated rings. The molecule has 0 spiro atoms. The number of hydrogen-bond acceptors (Lipinski definition) is 4. The number of alkyl carbamates (subject to hydrolysis) is 1. The summed E-state index contributed by atoms with van der Waals surface area (Å²) >= 11 is 0. The molecule has 5 heteroatoms. The van der Waals surface area contributed by atoms with Gasteiger partial charge in [0, 0.05) is 0 Å². The Kier molecular flexibility index (Phi) is 4.37. The van der Waals surface area contributed by atoms with Crippen molar-refractivity contribution in [2.24, 2.45) is 5.92 Å². The molecule has 1 rings (SSSR count). The first-order valence-corrected chi connectivity index (χ1v) is 5.99. The third kappa shape index (κ3) is 4.63. The lowest BCUT2D eigenvalue weighted by atomic mass is 10.0. The lowest BCUT2D eigenvalue weighted by Crippen LogP contribution is -2.36. The van der Waals surface area contributed by atoms with Gasteiger partial charge in [0.25, 0.3) is 0 Å². The molecule has 0 bridgehead atoms. The molecule has 0 aromatic rings. The fourth-order valence-electron chi connectivity index (χ4n) is 1.69. The Labute approximate surface area is 102 Å². The molecule has 0 saturated carbocycles. The normalized spacial score (nSPS) is 24.4. The van der Waals surface area contributed by atoms with Gasteiger partial charge in [-0.25, -0.2) is 4.79 Å². The molecule has 2 atom stereocenters. The number of esters is 1. The van der Waals surface area contributed by atoms with Crippen LogP contribution >= 0.6 is 0 Å². The van der Waals surface area contributed by atoms with E-state index in [2.05, 4.69) is 5.32 Å². The summed E-state index contributed by atoms with van der Waals surface area (Å²) in [5.41, 5.74) is -0.512. The minimum absolute atomic E-state index is 0.0274. The summed E-state index contributed by atoms with van der Waals surface area (Å²) in [5, 5.41) is 2.61. The lowest BCUT2D eigenvalue weighted by molar-refractivity contribution is -0.144. The Balaban J connectivity index is 2.28. The first kappa shape index (κ1) is 13.8. The summed E-state index contributed by atoms with van der Waals surface area (Å²) in [7, 11) is 0. The van der Waals surface area contributed by atoms with Crippen LogP contribution in [0.3, 0.4) is 0 Å². The summed E-state index contributed by atoms with van der Waals surface area (Å²) in [6.07, 6.45) is 0.751. The molecule has 1 saturated heterocycles. The first-order chi connectivity index (χ1) is 7.81. The Morgan fingerprint density at radius 1 is 1.53 bits per heavy atom. The molecule has 0 aliphatic carbocycles. The average Bonchev–Trinajstić information content (AvgIpc) is 2.53. The Hall–Kier alpha value is -1.26. The lowest BCUT2D eigenvalue weighted by Gasteiger charge is -2.20. The maximum Gasteiger partial charge on any atom is 0.407 e. The Bertz CT molecular complexity index is 295. The van der Waals surface area contributed by atoms with E-state index in [9.17, 15) is 9.59 Å². The largest absolute Gasteiger partial charge is 0.460 e. The van der Waals surface area contributed by atoms with Gasteiger partial charge < -0.3 is 14.8 Å². The van der Waals surface area contributed by atoms with E-state index >= 15 is 0 Å². The highest BCUT2D eigenvalue weighted by Crippen LogP contribution is 2.23. The second kappa shape index (κ2) is 5.38. The van der Waals surface area contributed by atoms with E-state index in [4.69, 9.17) is 9.47 Å². The first-order valence-electron chi connectivity index (χ1n) is 5.99. The van der Waals surface area contributed by atoms with Crippen molar-refractivity contribution in [2.45, 2.75) is 52.2 Å². The maximum absolute atomic E-state index is 11.4.